The summed E-state index contributed by atoms with van der Waals surface area (Å²) in [6.45, 7) is 2.19. The predicted octanol–water partition coefficient (Wildman–Crippen LogP) is 3.34. The third kappa shape index (κ3) is 3.44. The average Bonchev–Trinajstić information content (AvgIpc) is 2.87. The van der Waals surface area contributed by atoms with Crippen LogP contribution in [0.3, 0.4) is 0 Å². The van der Waals surface area contributed by atoms with Crippen LogP contribution in [0.5, 0.6) is 0 Å². The number of nitrogens with zero attached hydrogens (tertiary/aromatic N) is 2. The third-order valence-electron chi connectivity index (χ3n) is 3.28. The van der Waals surface area contributed by atoms with Gasteiger partial charge in [0.1, 0.15) is 5.82 Å². The van der Waals surface area contributed by atoms with Crippen LogP contribution in [0.2, 0.25) is 0 Å². The Hall–Kier alpha value is -1.82. The Balaban J connectivity index is 2.48. The molecule has 0 unspecified atom stereocenters. The van der Waals surface area contributed by atoms with Crippen molar-refractivity contribution in [1.82, 2.24) is 9.55 Å². The van der Waals surface area contributed by atoms with Gasteiger partial charge in [0.2, 0.25) is 0 Å². The summed E-state index contributed by atoms with van der Waals surface area (Å²) in [6, 6.07) is 4.35. The summed E-state index contributed by atoms with van der Waals surface area (Å²) >= 11 is 0. The molecule has 0 saturated carbocycles. The first-order valence-corrected chi connectivity index (χ1v) is 6.90. The quantitative estimate of drug-likeness (QED) is 0.920. The normalized spacial score (nSPS) is 11.9. The van der Waals surface area contributed by atoms with Gasteiger partial charge in [-0.2, -0.15) is 13.2 Å². The number of nitrogens with two attached hydrogens (primary N) is 1. The fourth-order valence-corrected chi connectivity index (χ4v) is 2.33. The standard InChI is InChI=1S/C15H18F3N3/c1-2-3-14-20-8-9-21(14)12-5-4-11(6-7-19)13(10-12)15(16,17)18/h4-5,8-10H,2-3,6-7,19H2,1H3. The zero-order valence-electron chi connectivity index (χ0n) is 11.8. The lowest BCUT2D eigenvalue weighted by Crippen LogP contribution is -2.14. The fourth-order valence-electron chi connectivity index (χ4n) is 2.33. The van der Waals surface area contributed by atoms with E-state index in [0.717, 1.165) is 18.7 Å². The van der Waals surface area contributed by atoms with Gasteiger partial charge >= 0.3 is 6.18 Å². The number of hydrogen-bond donors (Lipinski definition) is 1. The molecule has 1 aromatic carbocycles. The van der Waals surface area contributed by atoms with Crippen LogP contribution in [0.1, 0.15) is 30.3 Å². The maximum Gasteiger partial charge on any atom is 0.416 e. The van der Waals surface area contributed by atoms with Gasteiger partial charge in [-0.05, 0) is 37.1 Å². The Kier molecular flexibility index (Phi) is 4.67. The Morgan fingerprint density at radius 3 is 2.62 bits per heavy atom. The minimum absolute atomic E-state index is 0.189. The van der Waals surface area contributed by atoms with Crippen molar-refractivity contribution in [3.8, 4) is 5.69 Å². The molecule has 2 aromatic rings. The van der Waals surface area contributed by atoms with Crippen LogP contribution in [-0.4, -0.2) is 16.1 Å². The number of hydrogen-bond acceptors (Lipinski definition) is 2. The fraction of sp³-hybridized carbons (Fsp3) is 0.400. The number of aromatic nitrogens is 2. The molecule has 1 heterocycles. The lowest BCUT2D eigenvalue weighted by molar-refractivity contribution is -0.138. The molecule has 6 heteroatoms. The Labute approximate surface area is 121 Å². The van der Waals surface area contributed by atoms with Crippen molar-refractivity contribution in [3.63, 3.8) is 0 Å². The molecular formula is C15H18F3N3. The van der Waals surface area contributed by atoms with Crippen LogP contribution in [0.25, 0.3) is 5.69 Å². The van der Waals surface area contributed by atoms with E-state index in [1.165, 1.54) is 12.1 Å². The Bertz CT molecular complexity index is 602. The second-order valence-corrected chi connectivity index (χ2v) is 4.84. The summed E-state index contributed by atoms with van der Waals surface area (Å²) in [6.07, 6.45) is 0.718. The highest BCUT2D eigenvalue weighted by Gasteiger charge is 2.33. The van der Waals surface area contributed by atoms with Gasteiger partial charge in [-0.1, -0.05) is 13.0 Å². The second-order valence-electron chi connectivity index (χ2n) is 4.84. The van der Waals surface area contributed by atoms with Crippen molar-refractivity contribution in [2.75, 3.05) is 6.54 Å². The van der Waals surface area contributed by atoms with Gasteiger partial charge in [0, 0.05) is 24.5 Å². The minimum Gasteiger partial charge on any atom is -0.330 e. The van der Waals surface area contributed by atoms with Crippen LogP contribution in [0.15, 0.2) is 30.6 Å². The molecule has 0 radical (unpaired) electrons. The van der Waals surface area contributed by atoms with E-state index in [2.05, 4.69) is 4.98 Å². The molecular weight excluding hydrogens is 279 g/mol. The predicted molar refractivity (Wildman–Crippen MR) is 75.3 cm³/mol. The highest BCUT2D eigenvalue weighted by Crippen LogP contribution is 2.33. The van der Waals surface area contributed by atoms with E-state index in [1.807, 2.05) is 6.92 Å². The second kappa shape index (κ2) is 6.30. The minimum atomic E-state index is -4.38. The molecule has 0 spiro atoms. The molecule has 0 aliphatic carbocycles. The van der Waals surface area contributed by atoms with Crippen molar-refractivity contribution < 1.29 is 13.2 Å². The molecule has 0 aliphatic rings. The van der Waals surface area contributed by atoms with Crippen LogP contribution < -0.4 is 5.73 Å². The summed E-state index contributed by atoms with van der Waals surface area (Å²) in [5.74, 6) is 0.761. The first-order valence-electron chi connectivity index (χ1n) is 6.90. The molecule has 0 saturated heterocycles. The largest absolute Gasteiger partial charge is 0.416 e. The number of aryl methyl sites for hydroxylation is 1. The summed E-state index contributed by atoms with van der Waals surface area (Å²) in [5, 5.41) is 0. The maximum atomic E-state index is 13.2. The Morgan fingerprint density at radius 2 is 2.00 bits per heavy atom. The summed E-state index contributed by atoms with van der Waals surface area (Å²) < 4.78 is 41.2. The molecule has 0 atom stereocenters. The lowest BCUT2D eigenvalue weighted by atomic mass is 10.0. The molecule has 2 rings (SSSR count). The van der Waals surface area contributed by atoms with E-state index in [9.17, 15) is 13.2 Å². The molecule has 2 N–H and O–H groups in total. The van der Waals surface area contributed by atoms with Crippen LogP contribution in [0, 0.1) is 0 Å². The maximum absolute atomic E-state index is 13.2. The van der Waals surface area contributed by atoms with Crippen LogP contribution >= 0.6 is 0 Å². The van der Waals surface area contributed by atoms with E-state index < -0.39 is 11.7 Å². The lowest BCUT2D eigenvalue weighted by Gasteiger charge is -2.15. The number of rotatable bonds is 5. The molecule has 3 nitrogen and oxygen atoms in total. The van der Waals surface area contributed by atoms with E-state index in [1.54, 1.807) is 23.0 Å². The first kappa shape index (κ1) is 15.6. The summed E-state index contributed by atoms with van der Waals surface area (Å²) in [5.41, 5.74) is 5.47. The van der Waals surface area contributed by atoms with Gasteiger partial charge < -0.3 is 10.3 Å². The van der Waals surface area contributed by atoms with Gasteiger partial charge in [-0.3, -0.25) is 0 Å². The number of halogens is 3. The zero-order chi connectivity index (χ0) is 15.5. The van der Waals surface area contributed by atoms with E-state index in [-0.39, 0.29) is 18.5 Å². The highest BCUT2D eigenvalue weighted by atomic mass is 19.4. The van der Waals surface area contributed by atoms with Crippen molar-refractivity contribution in [2.24, 2.45) is 5.73 Å². The molecule has 1 aromatic heterocycles. The summed E-state index contributed by atoms with van der Waals surface area (Å²) in [4.78, 5) is 4.19. The van der Waals surface area contributed by atoms with Crippen molar-refractivity contribution in [3.05, 3.63) is 47.5 Å². The van der Waals surface area contributed by atoms with Gasteiger partial charge in [0.05, 0.1) is 5.56 Å². The molecule has 0 bridgehead atoms. The third-order valence-corrected chi connectivity index (χ3v) is 3.28. The number of alkyl halides is 3. The van der Waals surface area contributed by atoms with E-state index in [0.29, 0.717) is 5.69 Å². The Morgan fingerprint density at radius 1 is 1.24 bits per heavy atom. The first-order chi connectivity index (χ1) is 9.97. The molecule has 0 fully saturated rings. The molecule has 114 valence electrons. The van der Waals surface area contributed by atoms with E-state index in [4.69, 9.17) is 5.73 Å². The van der Waals surface area contributed by atoms with Crippen molar-refractivity contribution >= 4 is 0 Å². The topological polar surface area (TPSA) is 43.8 Å². The SMILES string of the molecule is CCCc1nccn1-c1ccc(CCN)c(C(F)(F)F)c1. The van der Waals surface area contributed by atoms with Crippen LogP contribution in [0.4, 0.5) is 13.2 Å². The molecule has 0 amide bonds. The number of benzene rings is 1. The smallest absolute Gasteiger partial charge is 0.330 e. The summed E-state index contributed by atoms with van der Waals surface area (Å²) in [7, 11) is 0. The monoisotopic (exact) mass is 297 g/mol. The van der Waals surface area contributed by atoms with Crippen molar-refractivity contribution in [2.45, 2.75) is 32.4 Å². The van der Waals surface area contributed by atoms with Crippen molar-refractivity contribution in [1.29, 1.82) is 0 Å². The molecule has 21 heavy (non-hydrogen) atoms. The number of imidazole rings is 1. The van der Waals surface area contributed by atoms with E-state index >= 15 is 0 Å². The van der Waals surface area contributed by atoms with Gasteiger partial charge in [-0.25, -0.2) is 4.98 Å². The highest BCUT2D eigenvalue weighted by molar-refractivity contribution is 5.43. The molecule has 0 aliphatic heterocycles. The van der Waals surface area contributed by atoms with Crippen LogP contribution in [-0.2, 0) is 19.0 Å². The zero-order valence-corrected chi connectivity index (χ0v) is 11.8. The average molecular weight is 297 g/mol. The van der Waals surface area contributed by atoms with Gasteiger partial charge in [0.25, 0.3) is 0 Å². The van der Waals surface area contributed by atoms with Gasteiger partial charge in [0.15, 0.2) is 0 Å². The van der Waals surface area contributed by atoms with Gasteiger partial charge in [-0.15, -0.1) is 0 Å².